The predicted octanol–water partition coefficient (Wildman–Crippen LogP) is 5.80. The van der Waals surface area contributed by atoms with Crippen molar-refractivity contribution in [3.05, 3.63) is 90.0 Å². The Morgan fingerprint density at radius 1 is 0.655 bits per heavy atom. The molecule has 0 N–H and O–H groups in total. The van der Waals surface area contributed by atoms with Crippen LogP contribution in [0.25, 0.3) is 38.9 Å². The maximum atomic E-state index is 14.4. The molecule has 29 heavy (non-hydrogen) atoms. The first-order chi connectivity index (χ1) is 14.1. The molecule has 0 saturated carbocycles. The van der Waals surface area contributed by atoms with Gasteiger partial charge in [-0.3, -0.25) is 0 Å². The van der Waals surface area contributed by atoms with Gasteiger partial charge in [-0.25, -0.2) is 27.2 Å². The molecule has 5 rings (SSSR count). The summed E-state index contributed by atoms with van der Waals surface area (Å²) in [4.78, 5) is 4.14. The van der Waals surface area contributed by atoms with E-state index >= 15 is 0 Å². The fourth-order valence-corrected chi connectivity index (χ4v) is 3.35. The molecule has 0 bridgehead atoms. The highest BCUT2D eigenvalue weighted by molar-refractivity contribution is 5.99. The Bertz CT molecular complexity index is 1280. The summed E-state index contributed by atoms with van der Waals surface area (Å²) in [5.74, 6) is -6.79. The maximum Gasteiger partial charge on any atom is 0.199 e. The minimum atomic E-state index is -1.89. The Kier molecular flexibility index (Phi) is 3.84. The fourth-order valence-electron chi connectivity index (χ4n) is 3.35. The molecule has 5 aromatic rings. The molecule has 2 aromatic heterocycles. The normalized spacial score (nSPS) is 11.4. The number of para-hydroxylation sites is 1. The number of pyridine rings is 1. The van der Waals surface area contributed by atoms with Crippen LogP contribution in [0.3, 0.4) is 0 Å². The van der Waals surface area contributed by atoms with Crippen molar-refractivity contribution < 1.29 is 17.6 Å². The fraction of sp³-hybridized carbons (Fsp3) is 0. The first kappa shape index (κ1) is 17.4. The number of nitrogens with zero attached hydrogens (tertiary/aromatic N) is 3. The van der Waals surface area contributed by atoms with Gasteiger partial charge in [-0.2, -0.15) is 5.10 Å². The van der Waals surface area contributed by atoms with Crippen molar-refractivity contribution in [3.63, 3.8) is 0 Å². The number of halogens is 4. The summed E-state index contributed by atoms with van der Waals surface area (Å²) in [7, 11) is 0. The van der Waals surface area contributed by atoms with Crippen molar-refractivity contribution in [2.24, 2.45) is 0 Å². The van der Waals surface area contributed by atoms with Crippen molar-refractivity contribution in [2.45, 2.75) is 0 Å². The van der Waals surface area contributed by atoms with Crippen LogP contribution in [0, 0.1) is 23.3 Å². The zero-order valence-corrected chi connectivity index (χ0v) is 14.7. The Labute approximate surface area is 161 Å². The van der Waals surface area contributed by atoms with Crippen molar-refractivity contribution in [1.82, 2.24) is 14.8 Å². The minimum absolute atomic E-state index is 0.201. The smallest absolute Gasteiger partial charge is 0.199 e. The number of hydrogen-bond donors (Lipinski definition) is 0. The van der Waals surface area contributed by atoms with Gasteiger partial charge >= 0.3 is 0 Å². The van der Waals surface area contributed by atoms with Crippen LogP contribution in [-0.2, 0) is 0 Å². The summed E-state index contributed by atoms with van der Waals surface area (Å²) in [6.07, 6.45) is 0. The van der Waals surface area contributed by atoms with E-state index in [9.17, 15) is 17.6 Å². The van der Waals surface area contributed by atoms with E-state index in [1.54, 1.807) is 24.3 Å². The molecule has 0 aliphatic carbocycles. The van der Waals surface area contributed by atoms with E-state index in [2.05, 4.69) is 10.1 Å². The number of aromatic nitrogens is 3. The van der Waals surface area contributed by atoms with Crippen molar-refractivity contribution in [2.75, 3.05) is 0 Å². The molecule has 0 unspecified atom stereocenters. The molecule has 0 spiro atoms. The Morgan fingerprint density at radius 3 is 1.97 bits per heavy atom. The number of fused-ring (bicyclic) bond motifs is 2. The molecule has 0 fully saturated rings. The second-order valence-corrected chi connectivity index (χ2v) is 6.47. The van der Waals surface area contributed by atoms with Gasteiger partial charge in [0.05, 0.1) is 5.69 Å². The summed E-state index contributed by atoms with van der Waals surface area (Å²) >= 11 is 0. The predicted molar refractivity (Wildman–Crippen MR) is 102 cm³/mol. The Morgan fingerprint density at radius 2 is 1.28 bits per heavy atom. The summed E-state index contributed by atoms with van der Waals surface area (Å²) in [5.41, 5.74) is 1.42. The maximum absolute atomic E-state index is 14.4. The molecule has 0 atom stereocenters. The van der Waals surface area contributed by atoms with Crippen LogP contribution < -0.4 is 0 Å². The van der Waals surface area contributed by atoms with Gasteiger partial charge < -0.3 is 0 Å². The SMILES string of the molecule is Fc1c(F)c(F)c2nc3c(cc2c1F)c(-c1ccccc1)nn3-c1ccccc1. The summed E-state index contributed by atoms with van der Waals surface area (Å²) in [5, 5.41) is 4.52. The van der Waals surface area contributed by atoms with Crippen LogP contribution in [0.2, 0.25) is 0 Å². The first-order valence-electron chi connectivity index (χ1n) is 8.72. The molecule has 0 amide bonds. The van der Waals surface area contributed by atoms with Crippen molar-refractivity contribution in [1.29, 1.82) is 0 Å². The molecule has 0 saturated heterocycles. The molecule has 0 aliphatic rings. The zero-order chi connectivity index (χ0) is 20.1. The average molecular weight is 393 g/mol. The summed E-state index contributed by atoms with van der Waals surface area (Å²) in [6.45, 7) is 0. The van der Waals surface area contributed by atoms with E-state index in [4.69, 9.17) is 0 Å². The van der Waals surface area contributed by atoms with Crippen LogP contribution in [0.4, 0.5) is 17.6 Å². The van der Waals surface area contributed by atoms with Gasteiger partial charge in [0.15, 0.2) is 28.9 Å². The molecule has 142 valence electrons. The Hall–Kier alpha value is -3.74. The monoisotopic (exact) mass is 393 g/mol. The largest absolute Gasteiger partial charge is 0.225 e. The third-order valence-electron chi connectivity index (χ3n) is 4.73. The number of rotatable bonds is 2. The lowest BCUT2D eigenvalue weighted by Crippen LogP contribution is -2.02. The average Bonchev–Trinajstić information content (AvgIpc) is 3.15. The van der Waals surface area contributed by atoms with E-state index in [1.165, 1.54) is 10.7 Å². The molecule has 7 heteroatoms. The van der Waals surface area contributed by atoms with E-state index < -0.39 is 34.2 Å². The van der Waals surface area contributed by atoms with Gasteiger partial charge in [0.1, 0.15) is 11.2 Å². The molecule has 3 nitrogen and oxygen atoms in total. The third kappa shape index (κ3) is 2.58. The number of hydrogen-bond acceptors (Lipinski definition) is 2. The van der Waals surface area contributed by atoms with Gasteiger partial charge in [-0.15, -0.1) is 0 Å². The van der Waals surface area contributed by atoms with Gasteiger partial charge in [0.25, 0.3) is 0 Å². The van der Waals surface area contributed by atoms with Gasteiger partial charge in [0.2, 0.25) is 0 Å². The molecule has 2 heterocycles. The highest BCUT2D eigenvalue weighted by Gasteiger charge is 2.24. The summed E-state index contributed by atoms with van der Waals surface area (Å²) < 4.78 is 57.7. The van der Waals surface area contributed by atoms with E-state index in [1.807, 2.05) is 36.4 Å². The quantitative estimate of drug-likeness (QED) is 0.216. The second kappa shape index (κ2) is 6.41. The summed E-state index contributed by atoms with van der Waals surface area (Å²) in [6, 6.07) is 19.3. The highest BCUT2D eigenvalue weighted by Crippen LogP contribution is 2.34. The molecule has 3 aromatic carbocycles. The lowest BCUT2D eigenvalue weighted by atomic mass is 10.1. The van der Waals surface area contributed by atoms with Crippen LogP contribution >= 0.6 is 0 Å². The second-order valence-electron chi connectivity index (χ2n) is 6.47. The van der Waals surface area contributed by atoms with Crippen LogP contribution in [0.1, 0.15) is 0 Å². The van der Waals surface area contributed by atoms with E-state index in [0.717, 1.165) is 5.56 Å². The minimum Gasteiger partial charge on any atom is -0.225 e. The van der Waals surface area contributed by atoms with Crippen molar-refractivity contribution >= 4 is 21.9 Å². The molecule has 0 aliphatic heterocycles. The molecular weight excluding hydrogens is 382 g/mol. The van der Waals surface area contributed by atoms with Crippen LogP contribution in [0.15, 0.2) is 66.7 Å². The standard InChI is InChI=1S/C22H11F4N3/c23-16-14-11-15-20(12-7-3-1-4-8-12)28-29(13-9-5-2-6-10-13)22(15)27-21(14)19(26)18(25)17(16)24/h1-11H. The lowest BCUT2D eigenvalue weighted by Gasteiger charge is -2.06. The van der Waals surface area contributed by atoms with Gasteiger partial charge in [-0.05, 0) is 18.2 Å². The lowest BCUT2D eigenvalue weighted by molar-refractivity contribution is 0.417. The van der Waals surface area contributed by atoms with E-state index in [-0.39, 0.29) is 5.65 Å². The third-order valence-corrected chi connectivity index (χ3v) is 4.73. The Balaban J connectivity index is 1.95. The number of benzene rings is 3. The van der Waals surface area contributed by atoms with Crippen LogP contribution in [0.5, 0.6) is 0 Å². The topological polar surface area (TPSA) is 30.7 Å². The highest BCUT2D eigenvalue weighted by atomic mass is 19.2. The van der Waals surface area contributed by atoms with Gasteiger partial charge in [-0.1, -0.05) is 48.5 Å². The molecule has 0 radical (unpaired) electrons. The van der Waals surface area contributed by atoms with E-state index in [0.29, 0.717) is 16.8 Å². The zero-order valence-electron chi connectivity index (χ0n) is 14.7. The first-order valence-corrected chi connectivity index (χ1v) is 8.72. The van der Waals surface area contributed by atoms with Crippen LogP contribution in [-0.4, -0.2) is 14.8 Å². The van der Waals surface area contributed by atoms with Crippen molar-refractivity contribution in [3.8, 4) is 16.9 Å². The molecular formula is C22H11F4N3. The van der Waals surface area contributed by atoms with Gasteiger partial charge in [0, 0.05) is 16.3 Å².